The zero-order valence-electron chi connectivity index (χ0n) is 16.0. The minimum Gasteiger partial charge on any atom is -0.493 e. The summed E-state index contributed by atoms with van der Waals surface area (Å²) in [5, 5.41) is 2.99. The van der Waals surface area contributed by atoms with Crippen LogP contribution in [0.1, 0.15) is 41.2 Å². The zero-order chi connectivity index (χ0) is 20.3. The summed E-state index contributed by atoms with van der Waals surface area (Å²) >= 11 is 0. The Bertz CT molecular complexity index is 986. The van der Waals surface area contributed by atoms with Crippen LogP contribution in [0, 0.1) is 0 Å². The fraction of sp³-hybridized carbons (Fsp3) is 0.381. The Morgan fingerprint density at radius 2 is 1.93 bits per heavy atom. The first-order valence-electron chi connectivity index (χ1n) is 9.77. The van der Waals surface area contributed by atoms with Crippen LogP contribution in [0.15, 0.2) is 53.4 Å². The molecule has 0 radical (unpaired) electrons. The van der Waals surface area contributed by atoms with Gasteiger partial charge in [-0.05, 0) is 37.1 Å². The van der Waals surface area contributed by atoms with Gasteiger partial charge in [-0.25, -0.2) is 13.1 Å². The number of hydrogen-bond donors (Lipinski definition) is 2. The SMILES string of the molecule is O=C(NC1CCOc2ccccc21)c1cccc(S(=O)(=O)NCC2CCCO2)c1. The van der Waals surface area contributed by atoms with Crippen molar-refractivity contribution < 1.29 is 22.7 Å². The molecule has 7 nitrogen and oxygen atoms in total. The maximum absolute atomic E-state index is 12.8. The van der Waals surface area contributed by atoms with Gasteiger partial charge >= 0.3 is 0 Å². The first kappa shape index (κ1) is 19.9. The van der Waals surface area contributed by atoms with E-state index in [1.165, 1.54) is 12.1 Å². The number of ether oxygens (including phenoxy) is 2. The van der Waals surface area contributed by atoms with Crippen molar-refractivity contribution in [3.05, 3.63) is 59.7 Å². The first-order chi connectivity index (χ1) is 14.0. The molecule has 154 valence electrons. The van der Waals surface area contributed by atoms with Crippen LogP contribution in [0.2, 0.25) is 0 Å². The molecular weight excluding hydrogens is 392 g/mol. The van der Waals surface area contributed by atoms with E-state index in [1.807, 2.05) is 24.3 Å². The van der Waals surface area contributed by atoms with Gasteiger partial charge in [0, 0.05) is 30.7 Å². The maximum atomic E-state index is 12.8. The van der Waals surface area contributed by atoms with Crippen molar-refractivity contribution in [3.8, 4) is 5.75 Å². The molecule has 2 atom stereocenters. The highest BCUT2D eigenvalue weighted by molar-refractivity contribution is 7.89. The van der Waals surface area contributed by atoms with Crippen LogP contribution in [0.3, 0.4) is 0 Å². The summed E-state index contributed by atoms with van der Waals surface area (Å²) in [5.41, 5.74) is 1.23. The second-order valence-corrected chi connectivity index (χ2v) is 8.98. The van der Waals surface area contributed by atoms with Crippen molar-refractivity contribution in [2.45, 2.75) is 36.3 Å². The van der Waals surface area contributed by atoms with Gasteiger partial charge in [-0.15, -0.1) is 0 Å². The molecule has 4 rings (SSSR count). The molecule has 1 saturated heterocycles. The number of hydrogen-bond acceptors (Lipinski definition) is 5. The molecule has 2 aliphatic rings. The molecule has 0 aliphatic carbocycles. The minimum atomic E-state index is -3.72. The largest absolute Gasteiger partial charge is 0.493 e. The van der Waals surface area contributed by atoms with Gasteiger partial charge in [-0.3, -0.25) is 4.79 Å². The van der Waals surface area contributed by atoms with Gasteiger partial charge in [0.05, 0.1) is 23.6 Å². The number of rotatable bonds is 6. The molecule has 0 saturated carbocycles. The Kier molecular flexibility index (Phi) is 5.84. The number of fused-ring (bicyclic) bond motifs is 1. The molecule has 2 heterocycles. The summed E-state index contributed by atoms with van der Waals surface area (Å²) in [5.74, 6) is 0.446. The van der Waals surface area contributed by atoms with Gasteiger partial charge in [-0.1, -0.05) is 24.3 Å². The van der Waals surface area contributed by atoms with Gasteiger partial charge in [0.25, 0.3) is 5.91 Å². The normalized spacial score (nSPS) is 21.2. The Morgan fingerprint density at radius 3 is 2.76 bits per heavy atom. The van der Waals surface area contributed by atoms with Crippen molar-refractivity contribution >= 4 is 15.9 Å². The van der Waals surface area contributed by atoms with Crippen LogP contribution in [-0.4, -0.2) is 40.2 Å². The summed E-state index contributed by atoms with van der Waals surface area (Å²) in [6.07, 6.45) is 2.35. The summed E-state index contributed by atoms with van der Waals surface area (Å²) in [6, 6.07) is 13.5. The maximum Gasteiger partial charge on any atom is 0.251 e. The molecule has 0 spiro atoms. The monoisotopic (exact) mass is 416 g/mol. The predicted molar refractivity (Wildman–Crippen MR) is 107 cm³/mol. The fourth-order valence-electron chi connectivity index (χ4n) is 3.63. The second-order valence-electron chi connectivity index (χ2n) is 7.22. The number of carbonyl (C=O) groups excluding carboxylic acids is 1. The van der Waals surface area contributed by atoms with Crippen LogP contribution >= 0.6 is 0 Å². The van der Waals surface area contributed by atoms with Crippen molar-refractivity contribution in [3.63, 3.8) is 0 Å². The molecular formula is C21H24N2O5S. The lowest BCUT2D eigenvalue weighted by Crippen LogP contribution is -2.33. The molecule has 1 amide bonds. The topological polar surface area (TPSA) is 93.7 Å². The minimum absolute atomic E-state index is 0.0653. The van der Waals surface area contributed by atoms with E-state index in [0.29, 0.717) is 25.2 Å². The van der Waals surface area contributed by atoms with E-state index in [4.69, 9.17) is 9.47 Å². The summed E-state index contributed by atoms with van der Waals surface area (Å²) < 4.78 is 38.9. The lowest BCUT2D eigenvalue weighted by atomic mass is 10.00. The van der Waals surface area contributed by atoms with Gasteiger partial charge in [-0.2, -0.15) is 0 Å². The van der Waals surface area contributed by atoms with Crippen LogP contribution in [0.5, 0.6) is 5.75 Å². The Labute approximate surface area is 170 Å². The molecule has 0 bridgehead atoms. The molecule has 2 unspecified atom stereocenters. The molecule has 2 N–H and O–H groups in total. The molecule has 0 aromatic heterocycles. The number of benzene rings is 2. The molecule has 2 aliphatic heterocycles. The first-order valence-corrected chi connectivity index (χ1v) is 11.3. The standard InChI is InChI=1S/C21H24N2O5S/c24-21(23-19-10-12-28-20-9-2-1-8-18(19)20)15-5-3-7-17(13-15)29(25,26)22-14-16-6-4-11-27-16/h1-3,5,7-9,13,16,19,22H,4,6,10-12,14H2,(H,23,24). The van der Waals surface area contributed by atoms with Crippen molar-refractivity contribution in [2.24, 2.45) is 0 Å². The van der Waals surface area contributed by atoms with E-state index in [0.717, 1.165) is 24.2 Å². The van der Waals surface area contributed by atoms with Crippen molar-refractivity contribution in [1.29, 1.82) is 0 Å². The van der Waals surface area contributed by atoms with E-state index in [9.17, 15) is 13.2 Å². The molecule has 2 aromatic carbocycles. The smallest absolute Gasteiger partial charge is 0.251 e. The zero-order valence-corrected chi connectivity index (χ0v) is 16.8. The third-order valence-corrected chi connectivity index (χ3v) is 6.62. The average Bonchev–Trinajstić information content (AvgIpc) is 3.26. The Hall–Kier alpha value is -2.42. The van der Waals surface area contributed by atoms with Gasteiger partial charge in [0.1, 0.15) is 5.75 Å². The highest BCUT2D eigenvalue weighted by Crippen LogP contribution is 2.31. The third kappa shape index (κ3) is 4.60. The molecule has 2 aromatic rings. The van der Waals surface area contributed by atoms with Gasteiger partial charge in [0.15, 0.2) is 0 Å². The third-order valence-electron chi connectivity index (χ3n) is 5.20. The average molecular weight is 416 g/mol. The highest BCUT2D eigenvalue weighted by atomic mass is 32.2. The number of sulfonamides is 1. The predicted octanol–water partition coefficient (Wildman–Crippen LogP) is 2.40. The van der Waals surface area contributed by atoms with E-state index in [-0.39, 0.29) is 29.5 Å². The lowest BCUT2D eigenvalue weighted by Gasteiger charge is -2.26. The molecule has 8 heteroatoms. The lowest BCUT2D eigenvalue weighted by molar-refractivity contribution is 0.0924. The molecule has 1 fully saturated rings. The summed E-state index contributed by atoms with van der Waals surface area (Å²) in [7, 11) is -3.72. The fourth-order valence-corrected chi connectivity index (χ4v) is 4.74. The Morgan fingerprint density at radius 1 is 1.07 bits per heavy atom. The van der Waals surface area contributed by atoms with Crippen LogP contribution in [0.4, 0.5) is 0 Å². The van der Waals surface area contributed by atoms with E-state index < -0.39 is 10.0 Å². The van der Waals surface area contributed by atoms with E-state index in [2.05, 4.69) is 10.0 Å². The van der Waals surface area contributed by atoms with Gasteiger partial charge < -0.3 is 14.8 Å². The summed E-state index contributed by atoms with van der Waals surface area (Å²) in [6.45, 7) is 1.42. The van der Waals surface area contributed by atoms with E-state index >= 15 is 0 Å². The van der Waals surface area contributed by atoms with Crippen LogP contribution in [0.25, 0.3) is 0 Å². The quantitative estimate of drug-likeness (QED) is 0.754. The van der Waals surface area contributed by atoms with Crippen LogP contribution in [-0.2, 0) is 14.8 Å². The van der Waals surface area contributed by atoms with Crippen LogP contribution < -0.4 is 14.8 Å². The number of carbonyl (C=O) groups is 1. The van der Waals surface area contributed by atoms with Gasteiger partial charge in [0.2, 0.25) is 10.0 Å². The number of para-hydroxylation sites is 1. The second kappa shape index (κ2) is 8.52. The van der Waals surface area contributed by atoms with E-state index in [1.54, 1.807) is 12.1 Å². The highest BCUT2D eigenvalue weighted by Gasteiger charge is 2.24. The number of amides is 1. The number of nitrogens with one attached hydrogen (secondary N) is 2. The summed E-state index contributed by atoms with van der Waals surface area (Å²) in [4.78, 5) is 12.8. The van der Waals surface area contributed by atoms with Crippen molar-refractivity contribution in [2.75, 3.05) is 19.8 Å². The molecule has 29 heavy (non-hydrogen) atoms. The van der Waals surface area contributed by atoms with Crippen molar-refractivity contribution in [1.82, 2.24) is 10.0 Å². The Balaban J connectivity index is 1.46.